The molecule has 8 N–H and O–H groups in total. The second-order valence-corrected chi connectivity index (χ2v) is 21.4. The van der Waals surface area contributed by atoms with Gasteiger partial charge in [0.1, 0.15) is 29.7 Å². The topological polar surface area (TPSA) is 195 Å². The molecule has 380 valence electrons. The maximum absolute atomic E-state index is 14.8. The molecule has 1 fully saturated rings. The van der Waals surface area contributed by atoms with E-state index in [1.807, 2.05) is 44.7 Å². The lowest BCUT2D eigenvalue weighted by atomic mass is 9.90. The van der Waals surface area contributed by atoms with E-state index < -0.39 is 41.7 Å². The van der Waals surface area contributed by atoms with Crippen LogP contribution in [0.3, 0.4) is 0 Å². The average Bonchev–Trinajstić information content (AvgIpc) is 3.72. The molecule has 4 unspecified atom stereocenters. The monoisotopic (exact) mass is 988 g/mol. The first-order chi connectivity index (χ1) is 32.7. The Morgan fingerprint density at radius 1 is 0.884 bits per heavy atom. The lowest BCUT2D eigenvalue weighted by Crippen LogP contribution is -2.58. The molecule has 0 aliphatic carbocycles. The summed E-state index contributed by atoms with van der Waals surface area (Å²) in [5.74, 6) is -0.252. The van der Waals surface area contributed by atoms with Gasteiger partial charge in [-0.15, -0.1) is 6.58 Å². The van der Waals surface area contributed by atoms with Gasteiger partial charge in [0, 0.05) is 48.3 Å². The third kappa shape index (κ3) is 18.7. The number of rotatable bonds is 31. The third-order valence-corrected chi connectivity index (χ3v) is 15.3. The van der Waals surface area contributed by atoms with Crippen LogP contribution in [-0.2, 0) is 30.4 Å². The molecule has 1 aliphatic rings. The Labute approximate surface area is 420 Å². The molecular formula is C54H81N7O6S2. The van der Waals surface area contributed by atoms with Crippen LogP contribution >= 0.6 is 21.6 Å². The van der Waals surface area contributed by atoms with Crippen molar-refractivity contribution >= 4 is 56.6 Å². The first-order valence-corrected chi connectivity index (χ1v) is 27.0. The van der Waals surface area contributed by atoms with Crippen LogP contribution in [-0.4, -0.2) is 99.8 Å². The van der Waals surface area contributed by atoms with Gasteiger partial charge in [0.25, 0.3) is 0 Å². The fraction of sp³-hybridized carbons (Fsp3) is 0.537. The number of phenolic OH excluding ortho intramolecular Hbond substituents is 1. The fourth-order valence-electron chi connectivity index (χ4n) is 8.19. The van der Waals surface area contributed by atoms with Crippen molar-refractivity contribution in [3.63, 3.8) is 0 Å². The van der Waals surface area contributed by atoms with E-state index in [2.05, 4.69) is 78.4 Å². The number of nitrogens with one attached hydrogen (secondary N) is 5. The van der Waals surface area contributed by atoms with Gasteiger partial charge in [0.2, 0.25) is 23.6 Å². The van der Waals surface area contributed by atoms with Crippen LogP contribution in [0, 0.1) is 12.8 Å². The molecule has 3 rings (SSSR count). The summed E-state index contributed by atoms with van der Waals surface area (Å²) in [5.41, 5.74) is 11.2. The predicted molar refractivity (Wildman–Crippen MR) is 286 cm³/mol. The third-order valence-electron chi connectivity index (χ3n) is 12.9. The lowest BCUT2D eigenvalue weighted by molar-refractivity contribution is -0.139. The van der Waals surface area contributed by atoms with E-state index in [1.54, 1.807) is 31.2 Å². The van der Waals surface area contributed by atoms with E-state index in [4.69, 9.17) is 5.73 Å². The molecule has 0 aromatic heterocycles. The highest BCUT2D eigenvalue weighted by molar-refractivity contribution is 8.76. The number of Topliss-reactive ketones (excluding diaryl/α,β-unsaturated/α-hetero) is 1. The summed E-state index contributed by atoms with van der Waals surface area (Å²) < 4.78 is 0. The lowest BCUT2D eigenvalue weighted by Gasteiger charge is -2.41. The van der Waals surface area contributed by atoms with Crippen molar-refractivity contribution in [3.05, 3.63) is 108 Å². The Hall–Kier alpha value is -4.99. The first-order valence-electron chi connectivity index (χ1n) is 24.5. The molecule has 13 nitrogen and oxygen atoms in total. The molecular weight excluding hydrogens is 907 g/mol. The number of likely N-dealkylation sites (tertiary alicyclic amines) is 1. The van der Waals surface area contributed by atoms with E-state index in [1.165, 1.54) is 28.5 Å². The molecule has 7 atom stereocenters. The first kappa shape index (κ1) is 58.3. The SMILES string of the molecule is C=C(C)CCC(C)C(=O)N[C@@H](C)C(=O)NC(CCCCC)C(=O)N1CCC[C@@]1(C)C(=C)N[C@@H](C/C(=C/C)c1ccccc1C)C(=C)NC(Cc1ccc(O)cc1)C(=O)NCCSSCC(N)C(C)=O. The summed E-state index contributed by atoms with van der Waals surface area (Å²) in [7, 11) is 3.02. The van der Waals surface area contributed by atoms with Crippen molar-refractivity contribution < 1.29 is 29.1 Å². The predicted octanol–water partition coefficient (Wildman–Crippen LogP) is 8.04. The molecule has 4 amide bonds. The van der Waals surface area contributed by atoms with Crippen molar-refractivity contribution in [2.24, 2.45) is 11.7 Å². The average molecular weight is 988 g/mol. The molecule has 0 radical (unpaired) electrons. The molecule has 15 heteroatoms. The Morgan fingerprint density at radius 3 is 2.22 bits per heavy atom. The van der Waals surface area contributed by atoms with Crippen LogP contribution in [0.25, 0.3) is 5.57 Å². The van der Waals surface area contributed by atoms with Crippen LogP contribution < -0.4 is 32.3 Å². The van der Waals surface area contributed by atoms with Gasteiger partial charge in [-0.2, -0.15) is 0 Å². The Morgan fingerprint density at radius 2 is 1.58 bits per heavy atom. The van der Waals surface area contributed by atoms with Gasteiger partial charge in [-0.25, -0.2) is 0 Å². The molecule has 1 saturated heterocycles. The number of carbonyl (C=O) groups is 5. The number of allylic oxidation sites excluding steroid dienone is 2. The number of amides is 4. The summed E-state index contributed by atoms with van der Waals surface area (Å²) in [5, 5.41) is 26.1. The zero-order valence-electron chi connectivity index (χ0n) is 42.5. The number of phenols is 1. The zero-order valence-corrected chi connectivity index (χ0v) is 44.1. The summed E-state index contributed by atoms with van der Waals surface area (Å²) in [4.78, 5) is 69.0. The smallest absolute Gasteiger partial charge is 0.245 e. The van der Waals surface area contributed by atoms with Crippen LogP contribution in [0.15, 0.2) is 91.3 Å². The van der Waals surface area contributed by atoms with Gasteiger partial charge >= 0.3 is 0 Å². The van der Waals surface area contributed by atoms with Gasteiger partial charge in [-0.3, -0.25) is 24.0 Å². The number of aryl methyl sites for hydroxylation is 1. The number of nitrogens with two attached hydrogens (primary N) is 1. The van der Waals surface area contributed by atoms with Crippen molar-refractivity contribution in [1.29, 1.82) is 0 Å². The number of carbonyl (C=O) groups excluding carboxylic acids is 5. The second-order valence-electron chi connectivity index (χ2n) is 18.8. The highest BCUT2D eigenvalue weighted by atomic mass is 33.1. The molecule has 2 aromatic carbocycles. The highest BCUT2D eigenvalue weighted by Gasteiger charge is 2.45. The Kier molecular flexibility index (Phi) is 24.7. The standard InChI is InChI=1S/C54H81N7O6S2/c1-12-14-15-21-47(60-51(65)39(8)58-50(64)37(6)23-22-35(3)4)53(67)61-30-18-28-54(61,11)41(10)59-48(33-43(13-2)45-20-17-16-19-36(45)5)38(7)57-49(32-42-24-26-44(63)27-25-42)52(66)56-29-31-68-69-34-46(55)40(9)62/h13,16-17,19-20,24-27,37,39,46-49,57,59,63H,3,7,10,12,14-15,18,21-23,28-34,55H2,1-2,4-6,8-9,11H3,(H,56,66)(H,58,64)(H,60,65)/b43-13-/t37?,39-,46?,47?,48-,49?,54-/m0/s1. The quantitative estimate of drug-likeness (QED) is 0.0220. The Bertz CT molecular complexity index is 2110. The van der Waals surface area contributed by atoms with Crippen molar-refractivity contribution in [3.8, 4) is 5.75 Å². The Balaban J connectivity index is 1.92. The van der Waals surface area contributed by atoms with E-state index in [-0.39, 0.29) is 35.2 Å². The van der Waals surface area contributed by atoms with Crippen molar-refractivity contribution in [1.82, 2.24) is 31.5 Å². The summed E-state index contributed by atoms with van der Waals surface area (Å²) >= 11 is 0. The molecule has 0 bridgehead atoms. The number of aromatic hydroxyl groups is 1. The van der Waals surface area contributed by atoms with Crippen LogP contribution in [0.4, 0.5) is 0 Å². The minimum absolute atomic E-state index is 0.0681. The molecule has 2 aromatic rings. The summed E-state index contributed by atoms with van der Waals surface area (Å²) in [6, 6.07) is 11.5. The van der Waals surface area contributed by atoms with E-state index in [0.29, 0.717) is 74.5 Å². The summed E-state index contributed by atoms with van der Waals surface area (Å²) in [6.45, 7) is 28.9. The highest BCUT2D eigenvalue weighted by Crippen LogP contribution is 2.36. The number of unbranched alkanes of at least 4 members (excludes halogenated alkanes) is 2. The maximum Gasteiger partial charge on any atom is 0.245 e. The maximum atomic E-state index is 14.8. The van der Waals surface area contributed by atoms with Gasteiger partial charge < -0.3 is 42.3 Å². The number of ketones is 1. The van der Waals surface area contributed by atoms with Gasteiger partial charge in [0.15, 0.2) is 0 Å². The number of benzene rings is 2. The molecule has 69 heavy (non-hydrogen) atoms. The fourth-order valence-corrected chi connectivity index (χ4v) is 10.3. The zero-order chi connectivity index (χ0) is 51.3. The second kappa shape index (κ2) is 29.3. The normalized spacial score (nSPS) is 17.3. The largest absolute Gasteiger partial charge is 0.508 e. The van der Waals surface area contributed by atoms with Crippen molar-refractivity contribution in [2.45, 2.75) is 155 Å². The van der Waals surface area contributed by atoms with Crippen LogP contribution in [0.2, 0.25) is 0 Å². The minimum atomic E-state index is -0.854. The van der Waals surface area contributed by atoms with Gasteiger partial charge in [0.05, 0.1) is 17.6 Å². The van der Waals surface area contributed by atoms with E-state index in [9.17, 15) is 29.1 Å². The van der Waals surface area contributed by atoms with Crippen LogP contribution in [0.5, 0.6) is 5.75 Å². The van der Waals surface area contributed by atoms with E-state index in [0.717, 1.165) is 53.5 Å². The number of nitrogens with zero attached hydrogens (tertiary/aromatic N) is 1. The van der Waals surface area contributed by atoms with Gasteiger partial charge in [-0.1, -0.05) is 116 Å². The molecule has 1 heterocycles. The van der Waals surface area contributed by atoms with E-state index >= 15 is 0 Å². The molecule has 0 saturated carbocycles. The minimum Gasteiger partial charge on any atom is -0.508 e. The molecule has 1 aliphatic heterocycles. The van der Waals surface area contributed by atoms with Gasteiger partial charge in [-0.05, 0) is 114 Å². The summed E-state index contributed by atoms with van der Waals surface area (Å²) in [6.07, 6.45) is 8.54. The number of hydrogen-bond acceptors (Lipinski definition) is 11. The van der Waals surface area contributed by atoms with Crippen LogP contribution in [0.1, 0.15) is 123 Å². The number of hydrogen-bond donors (Lipinski definition) is 7. The molecule has 0 spiro atoms. The van der Waals surface area contributed by atoms with Crippen molar-refractivity contribution in [2.75, 3.05) is 24.6 Å².